The van der Waals surface area contributed by atoms with E-state index in [-0.39, 0.29) is 0 Å². The van der Waals surface area contributed by atoms with Gasteiger partial charge in [0.05, 0.1) is 0 Å². The predicted octanol–water partition coefficient (Wildman–Crippen LogP) is 3.13. The first kappa shape index (κ1) is 13.3. The molecule has 1 aliphatic rings. The second kappa shape index (κ2) is 8.35. The summed E-state index contributed by atoms with van der Waals surface area (Å²) in [5.41, 5.74) is 0. The molecule has 0 amide bonds. The van der Waals surface area contributed by atoms with Crippen LogP contribution in [0.3, 0.4) is 0 Å². The summed E-state index contributed by atoms with van der Waals surface area (Å²) in [5.74, 6) is 0. The SMILES string of the molecule is CN1CCCCCCCCCCCC1=[Se]. The van der Waals surface area contributed by atoms with Crippen molar-refractivity contribution < 1.29 is 0 Å². The second-order valence-corrected chi connectivity index (χ2v) is 5.74. The van der Waals surface area contributed by atoms with Crippen LogP contribution in [0.15, 0.2) is 0 Å². The van der Waals surface area contributed by atoms with Gasteiger partial charge in [-0.15, -0.1) is 0 Å². The molecule has 1 nitrogen and oxygen atoms in total. The predicted molar refractivity (Wildman–Crippen MR) is 69.6 cm³/mol. The first-order chi connectivity index (χ1) is 7.30. The molecule has 0 saturated carbocycles. The summed E-state index contributed by atoms with van der Waals surface area (Å²) in [6.07, 6.45) is 14.1. The Hall–Kier alpha value is 0.189. The molecule has 0 aromatic carbocycles. The molecular weight excluding hydrogens is 249 g/mol. The third-order valence-electron chi connectivity index (χ3n) is 3.31. The molecule has 0 aromatic heterocycles. The van der Waals surface area contributed by atoms with Gasteiger partial charge in [0.1, 0.15) is 0 Å². The van der Waals surface area contributed by atoms with E-state index in [2.05, 4.69) is 27.5 Å². The first-order valence-corrected chi connectivity index (χ1v) is 7.40. The van der Waals surface area contributed by atoms with Crippen molar-refractivity contribution in [1.29, 1.82) is 0 Å². The maximum atomic E-state index is 3.24. The number of hydrogen-bond acceptors (Lipinski definition) is 1. The molecule has 1 saturated heterocycles. The van der Waals surface area contributed by atoms with Crippen molar-refractivity contribution >= 4 is 20.1 Å². The molecule has 1 rings (SSSR count). The molecule has 1 fully saturated rings. The van der Waals surface area contributed by atoms with E-state index in [1.165, 1.54) is 75.3 Å². The van der Waals surface area contributed by atoms with Crippen LogP contribution in [0.1, 0.15) is 64.2 Å². The zero-order chi connectivity index (χ0) is 10.9. The van der Waals surface area contributed by atoms with Gasteiger partial charge < -0.3 is 0 Å². The molecule has 0 bridgehead atoms. The molecule has 88 valence electrons. The van der Waals surface area contributed by atoms with Crippen LogP contribution in [0.4, 0.5) is 0 Å². The van der Waals surface area contributed by atoms with Crippen molar-refractivity contribution in [2.75, 3.05) is 13.6 Å². The molecule has 0 spiro atoms. The summed E-state index contributed by atoms with van der Waals surface area (Å²) >= 11 is 3.24. The van der Waals surface area contributed by atoms with Gasteiger partial charge in [-0.1, -0.05) is 0 Å². The van der Waals surface area contributed by atoms with Crippen LogP contribution in [0, 0.1) is 0 Å². The van der Waals surface area contributed by atoms with E-state index in [0.29, 0.717) is 0 Å². The molecule has 0 aliphatic carbocycles. The Kier molecular flexibility index (Phi) is 7.38. The van der Waals surface area contributed by atoms with Gasteiger partial charge in [-0.05, 0) is 0 Å². The van der Waals surface area contributed by atoms with Crippen LogP contribution in [0.25, 0.3) is 0 Å². The molecule has 1 aliphatic heterocycles. The van der Waals surface area contributed by atoms with Crippen molar-refractivity contribution in [3.05, 3.63) is 0 Å². The summed E-state index contributed by atoms with van der Waals surface area (Å²) in [7, 11) is 2.23. The van der Waals surface area contributed by atoms with Gasteiger partial charge in [0.25, 0.3) is 0 Å². The average Bonchev–Trinajstić information content (AvgIpc) is 2.25. The van der Waals surface area contributed by atoms with Crippen molar-refractivity contribution in [3.63, 3.8) is 0 Å². The second-order valence-electron chi connectivity index (χ2n) is 4.75. The Bertz CT molecular complexity index is 179. The summed E-state index contributed by atoms with van der Waals surface area (Å²) in [4.78, 5) is 2.41. The van der Waals surface area contributed by atoms with Crippen molar-refractivity contribution in [3.8, 4) is 0 Å². The quantitative estimate of drug-likeness (QED) is 0.613. The van der Waals surface area contributed by atoms with Gasteiger partial charge in [-0.2, -0.15) is 0 Å². The molecule has 15 heavy (non-hydrogen) atoms. The monoisotopic (exact) mass is 275 g/mol. The van der Waals surface area contributed by atoms with E-state index in [4.69, 9.17) is 0 Å². The fourth-order valence-corrected chi connectivity index (χ4v) is 2.67. The third kappa shape index (κ3) is 6.37. The van der Waals surface area contributed by atoms with Crippen LogP contribution in [0.2, 0.25) is 0 Å². The Morgan fingerprint density at radius 3 is 1.87 bits per heavy atom. The zero-order valence-electron chi connectivity index (χ0n) is 10.1. The van der Waals surface area contributed by atoms with Crippen LogP contribution < -0.4 is 0 Å². The standard InChI is InChI=1S/C13H25NSe/c1-14-12-10-8-6-4-2-3-5-7-9-11-13(14)15/h2-12H2,1H3. The van der Waals surface area contributed by atoms with Gasteiger partial charge in [-0.3, -0.25) is 0 Å². The molecule has 0 N–H and O–H groups in total. The topological polar surface area (TPSA) is 3.24 Å². The van der Waals surface area contributed by atoms with E-state index in [1.54, 1.807) is 0 Å². The Labute approximate surface area is 103 Å². The van der Waals surface area contributed by atoms with E-state index >= 15 is 0 Å². The maximum absolute atomic E-state index is 3.24. The Morgan fingerprint density at radius 2 is 1.27 bits per heavy atom. The van der Waals surface area contributed by atoms with Crippen molar-refractivity contribution in [2.45, 2.75) is 64.2 Å². The summed E-state index contributed by atoms with van der Waals surface area (Å²) < 4.78 is 1.47. The fourth-order valence-electron chi connectivity index (χ4n) is 2.18. The zero-order valence-corrected chi connectivity index (χ0v) is 11.8. The molecular formula is C13H25NSe. The molecule has 0 aromatic rings. The Morgan fingerprint density at radius 1 is 0.800 bits per heavy atom. The summed E-state index contributed by atoms with van der Waals surface area (Å²) in [5, 5.41) is 0. The fraction of sp³-hybridized carbons (Fsp3) is 0.923. The summed E-state index contributed by atoms with van der Waals surface area (Å²) in [6, 6.07) is 0. The van der Waals surface area contributed by atoms with Gasteiger partial charge >= 0.3 is 103 Å². The number of rotatable bonds is 0. The normalized spacial score (nSPS) is 22.7. The minimum absolute atomic E-state index is 1.24. The molecule has 2 heteroatoms. The average molecular weight is 274 g/mol. The van der Waals surface area contributed by atoms with E-state index < -0.39 is 0 Å². The molecule has 0 unspecified atom stereocenters. The molecule has 1 heterocycles. The minimum atomic E-state index is 1.24. The van der Waals surface area contributed by atoms with Gasteiger partial charge in [-0.25, -0.2) is 0 Å². The number of hydrogen-bond donors (Lipinski definition) is 0. The van der Waals surface area contributed by atoms with Gasteiger partial charge in [0.2, 0.25) is 0 Å². The molecule has 0 atom stereocenters. The molecule has 0 radical (unpaired) electrons. The van der Waals surface area contributed by atoms with Gasteiger partial charge in [0.15, 0.2) is 0 Å². The van der Waals surface area contributed by atoms with Gasteiger partial charge in [0, 0.05) is 0 Å². The van der Waals surface area contributed by atoms with Crippen LogP contribution >= 0.6 is 0 Å². The third-order valence-corrected chi connectivity index (χ3v) is 4.39. The van der Waals surface area contributed by atoms with E-state index in [0.717, 1.165) is 0 Å². The number of nitrogens with zero attached hydrogens (tertiary/aromatic N) is 1. The first-order valence-electron chi connectivity index (χ1n) is 6.54. The summed E-state index contributed by atoms with van der Waals surface area (Å²) in [6.45, 7) is 1.24. The van der Waals surface area contributed by atoms with Crippen molar-refractivity contribution in [2.24, 2.45) is 0 Å². The van der Waals surface area contributed by atoms with Crippen LogP contribution in [-0.4, -0.2) is 38.6 Å². The van der Waals surface area contributed by atoms with Crippen LogP contribution in [-0.2, 0) is 0 Å². The van der Waals surface area contributed by atoms with Crippen LogP contribution in [0.5, 0.6) is 0 Å². The Balaban J connectivity index is 2.27. The van der Waals surface area contributed by atoms with E-state index in [1.807, 2.05) is 0 Å². The van der Waals surface area contributed by atoms with E-state index in [9.17, 15) is 0 Å². The van der Waals surface area contributed by atoms with Crippen molar-refractivity contribution in [1.82, 2.24) is 4.90 Å².